The highest BCUT2D eigenvalue weighted by molar-refractivity contribution is 5.94. The monoisotopic (exact) mass is 266 g/mol. The Kier molecular flexibility index (Phi) is 3.59. The molecule has 4 heteroatoms. The molecule has 0 aliphatic heterocycles. The van der Waals surface area contributed by atoms with Gasteiger partial charge >= 0.3 is 5.97 Å². The summed E-state index contributed by atoms with van der Waals surface area (Å²) in [5.74, 6) is -1.58. The molecule has 0 saturated carbocycles. The molecule has 0 saturated heterocycles. The first-order valence-corrected chi connectivity index (χ1v) is 6.20. The van der Waals surface area contributed by atoms with Crippen molar-refractivity contribution in [2.75, 3.05) is 0 Å². The first-order valence-electron chi connectivity index (χ1n) is 6.20. The molecule has 0 aromatic heterocycles. The van der Waals surface area contributed by atoms with E-state index in [4.69, 9.17) is 0 Å². The lowest BCUT2D eigenvalue weighted by atomic mass is 9.78. The Bertz CT molecular complexity index is 516. The SMILES string of the molecule is CC(C)(C)c1cc(O)c(C(C)(C)C)c(C(=O)O)c1O. The Morgan fingerprint density at radius 2 is 1.47 bits per heavy atom. The van der Waals surface area contributed by atoms with Gasteiger partial charge in [-0.3, -0.25) is 0 Å². The van der Waals surface area contributed by atoms with Crippen molar-refractivity contribution in [2.24, 2.45) is 0 Å². The first kappa shape index (κ1) is 15.3. The smallest absolute Gasteiger partial charge is 0.339 e. The number of carbonyl (C=O) groups is 1. The fourth-order valence-electron chi connectivity index (χ4n) is 2.20. The highest BCUT2D eigenvalue weighted by atomic mass is 16.4. The fraction of sp³-hybridized carbons (Fsp3) is 0.533. The molecule has 0 amide bonds. The number of benzene rings is 1. The summed E-state index contributed by atoms with van der Waals surface area (Å²) < 4.78 is 0. The van der Waals surface area contributed by atoms with E-state index in [1.807, 2.05) is 20.8 Å². The van der Waals surface area contributed by atoms with Crippen LogP contribution in [-0.2, 0) is 10.8 Å². The van der Waals surface area contributed by atoms with Crippen LogP contribution in [0.25, 0.3) is 0 Å². The maximum atomic E-state index is 11.4. The average Bonchev–Trinajstić information content (AvgIpc) is 2.16. The normalized spacial score (nSPS) is 12.5. The van der Waals surface area contributed by atoms with Gasteiger partial charge in [-0.05, 0) is 16.9 Å². The van der Waals surface area contributed by atoms with Crippen molar-refractivity contribution in [1.29, 1.82) is 0 Å². The Morgan fingerprint density at radius 1 is 1.00 bits per heavy atom. The van der Waals surface area contributed by atoms with Crippen molar-refractivity contribution in [3.63, 3.8) is 0 Å². The molecule has 0 aliphatic carbocycles. The van der Waals surface area contributed by atoms with E-state index in [-0.39, 0.29) is 22.6 Å². The Labute approximate surface area is 113 Å². The van der Waals surface area contributed by atoms with Crippen molar-refractivity contribution < 1.29 is 20.1 Å². The van der Waals surface area contributed by atoms with Crippen LogP contribution in [0.1, 0.15) is 63.0 Å². The van der Waals surface area contributed by atoms with Crippen LogP contribution in [0.5, 0.6) is 11.5 Å². The van der Waals surface area contributed by atoms with Gasteiger partial charge in [0.2, 0.25) is 0 Å². The van der Waals surface area contributed by atoms with E-state index in [1.54, 1.807) is 20.8 Å². The molecule has 106 valence electrons. The number of carboxylic acids is 1. The molecule has 0 heterocycles. The van der Waals surface area contributed by atoms with Crippen LogP contribution in [0.2, 0.25) is 0 Å². The summed E-state index contributed by atoms with van der Waals surface area (Å²) in [6.07, 6.45) is 0. The van der Waals surface area contributed by atoms with Gasteiger partial charge in [0.15, 0.2) is 0 Å². The van der Waals surface area contributed by atoms with Crippen molar-refractivity contribution in [3.8, 4) is 11.5 Å². The van der Waals surface area contributed by atoms with Gasteiger partial charge in [-0.25, -0.2) is 4.79 Å². The number of hydrogen-bond acceptors (Lipinski definition) is 3. The number of phenols is 2. The molecule has 0 spiro atoms. The number of aromatic carboxylic acids is 1. The maximum absolute atomic E-state index is 11.4. The van der Waals surface area contributed by atoms with Crippen LogP contribution < -0.4 is 0 Å². The highest BCUT2D eigenvalue weighted by Crippen LogP contribution is 2.43. The Hall–Kier alpha value is -1.71. The zero-order valence-corrected chi connectivity index (χ0v) is 12.3. The van der Waals surface area contributed by atoms with Gasteiger partial charge in [0.25, 0.3) is 0 Å². The molecule has 0 atom stereocenters. The molecule has 0 fully saturated rings. The summed E-state index contributed by atoms with van der Waals surface area (Å²) in [6, 6.07) is 1.46. The summed E-state index contributed by atoms with van der Waals surface area (Å²) >= 11 is 0. The third-order valence-corrected chi connectivity index (χ3v) is 3.05. The Morgan fingerprint density at radius 3 is 1.79 bits per heavy atom. The zero-order valence-electron chi connectivity index (χ0n) is 12.3. The van der Waals surface area contributed by atoms with Gasteiger partial charge in [0.1, 0.15) is 17.1 Å². The lowest BCUT2D eigenvalue weighted by molar-refractivity contribution is 0.0689. The third kappa shape index (κ3) is 2.83. The topological polar surface area (TPSA) is 77.8 Å². The lowest BCUT2D eigenvalue weighted by Crippen LogP contribution is -2.20. The minimum atomic E-state index is -1.23. The van der Waals surface area contributed by atoms with Crippen LogP contribution in [0.4, 0.5) is 0 Å². The summed E-state index contributed by atoms with van der Waals surface area (Å²) in [5, 5.41) is 29.8. The van der Waals surface area contributed by atoms with Gasteiger partial charge in [-0.2, -0.15) is 0 Å². The van der Waals surface area contributed by atoms with Gasteiger partial charge in [0.05, 0.1) is 0 Å². The van der Waals surface area contributed by atoms with E-state index in [0.29, 0.717) is 5.56 Å². The number of phenolic OH excluding ortho intramolecular Hbond substituents is 1. The second-order valence-electron chi connectivity index (χ2n) is 6.85. The van der Waals surface area contributed by atoms with Crippen LogP contribution in [-0.4, -0.2) is 21.3 Å². The number of carboxylic acid groups (broad SMARTS) is 1. The van der Waals surface area contributed by atoms with E-state index < -0.39 is 16.8 Å². The highest BCUT2D eigenvalue weighted by Gasteiger charge is 2.32. The predicted molar refractivity (Wildman–Crippen MR) is 74.1 cm³/mol. The third-order valence-electron chi connectivity index (χ3n) is 3.05. The molecule has 0 aliphatic rings. The van der Waals surface area contributed by atoms with Crippen molar-refractivity contribution in [1.82, 2.24) is 0 Å². The predicted octanol–water partition coefficient (Wildman–Crippen LogP) is 3.39. The van der Waals surface area contributed by atoms with Crippen molar-refractivity contribution in [3.05, 3.63) is 22.8 Å². The molecular weight excluding hydrogens is 244 g/mol. The van der Waals surface area contributed by atoms with E-state index >= 15 is 0 Å². The summed E-state index contributed by atoms with van der Waals surface area (Å²) in [5.41, 5.74) is -0.563. The number of hydrogen-bond donors (Lipinski definition) is 3. The van der Waals surface area contributed by atoms with Crippen LogP contribution in [0.3, 0.4) is 0 Å². The number of aromatic hydroxyl groups is 2. The standard InChI is InChI=1S/C15H22O4/c1-14(2,3)8-7-9(16)11(15(4,5)6)10(12(8)17)13(18)19/h7,16-17H,1-6H3,(H,18,19). The summed E-state index contributed by atoms with van der Waals surface area (Å²) in [4.78, 5) is 11.4. The molecule has 3 N–H and O–H groups in total. The maximum Gasteiger partial charge on any atom is 0.339 e. The largest absolute Gasteiger partial charge is 0.508 e. The molecule has 0 unspecified atom stereocenters. The molecule has 1 aromatic carbocycles. The number of rotatable bonds is 1. The second kappa shape index (κ2) is 4.44. The van der Waals surface area contributed by atoms with E-state index in [0.717, 1.165) is 0 Å². The van der Waals surface area contributed by atoms with Crippen LogP contribution in [0.15, 0.2) is 6.07 Å². The van der Waals surface area contributed by atoms with Gasteiger partial charge in [-0.15, -0.1) is 0 Å². The van der Waals surface area contributed by atoms with E-state index in [2.05, 4.69) is 0 Å². The summed E-state index contributed by atoms with van der Waals surface area (Å²) in [7, 11) is 0. The fourth-order valence-corrected chi connectivity index (χ4v) is 2.20. The molecule has 0 radical (unpaired) electrons. The minimum absolute atomic E-state index is 0.0902. The molecule has 4 nitrogen and oxygen atoms in total. The average molecular weight is 266 g/mol. The lowest BCUT2D eigenvalue weighted by Gasteiger charge is -2.28. The summed E-state index contributed by atoms with van der Waals surface area (Å²) in [6.45, 7) is 10.9. The van der Waals surface area contributed by atoms with Crippen LogP contribution >= 0.6 is 0 Å². The van der Waals surface area contributed by atoms with Gasteiger partial charge in [0, 0.05) is 11.1 Å². The van der Waals surface area contributed by atoms with Crippen LogP contribution in [0, 0.1) is 0 Å². The zero-order chi connectivity index (χ0) is 15.2. The quantitative estimate of drug-likeness (QED) is 0.681. The molecule has 1 aromatic rings. The second-order valence-corrected chi connectivity index (χ2v) is 6.85. The molecule has 0 bridgehead atoms. The van der Waals surface area contributed by atoms with Crippen molar-refractivity contribution in [2.45, 2.75) is 52.4 Å². The van der Waals surface area contributed by atoms with E-state index in [1.165, 1.54) is 6.07 Å². The molecule has 19 heavy (non-hydrogen) atoms. The Balaban J connectivity index is 3.82. The van der Waals surface area contributed by atoms with E-state index in [9.17, 15) is 20.1 Å². The van der Waals surface area contributed by atoms with Gasteiger partial charge < -0.3 is 15.3 Å². The van der Waals surface area contributed by atoms with Crippen molar-refractivity contribution >= 4 is 5.97 Å². The molecular formula is C15H22O4. The first-order chi connectivity index (χ1) is 8.37. The molecule has 1 rings (SSSR count). The minimum Gasteiger partial charge on any atom is -0.508 e. The van der Waals surface area contributed by atoms with Gasteiger partial charge in [-0.1, -0.05) is 41.5 Å².